The van der Waals surface area contributed by atoms with Crippen LogP contribution in [-0.2, 0) is 0 Å². The first kappa shape index (κ1) is 13.4. The average molecular weight is 294 g/mol. The second kappa shape index (κ2) is 4.76. The minimum absolute atomic E-state index is 0.293. The smallest absolute Gasteiger partial charge is 0.436 e. The highest BCUT2D eigenvalue weighted by Gasteiger charge is 2.31. The number of fused-ring (bicyclic) bond motifs is 1. The van der Waals surface area contributed by atoms with Gasteiger partial charge in [0.05, 0.1) is 0 Å². The minimum atomic E-state index is -4.73. The highest BCUT2D eigenvalue weighted by Crippen LogP contribution is 2.29. The van der Waals surface area contributed by atoms with Gasteiger partial charge in [0, 0.05) is 23.5 Å². The van der Waals surface area contributed by atoms with Crippen molar-refractivity contribution in [2.45, 2.75) is 13.3 Å². The van der Waals surface area contributed by atoms with Crippen molar-refractivity contribution in [3.05, 3.63) is 42.2 Å². The quantitative estimate of drug-likeness (QED) is 0.714. The number of rotatable bonds is 2. The summed E-state index contributed by atoms with van der Waals surface area (Å²) in [5.41, 5.74) is 2.17. The summed E-state index contributed by atoms with van der Waals surface area (Å²) < 4.78 is 45.9. The predicted molar refractivity (Wildman–Crippen MR) is 68.7 cm³/mol. The second-order valence-corrected chi connectivity index (χ2v) is 4.38. The maximum Gasteiger partial charge on any atom is 0.573 e. The normalized spacial score (nSPS) is 11.8. The van der Waals surface area contributed by atoms with E-state index in [4.69, 9.17) is 4.42 Å². The van der Waals surface area contributed by atoms with Gasteiger partial charge < -0.3 is 9.15 Å². The maximum atomic E-state index is 12.2. The maximum absolute atomic E-state index is 12.2. The molecule has 7 heteroatoms. The van der Waals surface area contributed by atoms with E-state index in [2.05, 4.69) is 14.7 Å². The average Bonchev–Trinajstić information content (AvgIpc) is 2.80. The summed E-state index contributed by atoms with van der Waals surface area (Å²) >= 11 is 0. The van der Waals surface area contributed by atoms with Gasteiger partial charge in [0.2, 0.25) is 5.89 Å². The molecule has 21 heavy (non-hydrogen) atoms. The summed E-state index contributed by atoms with van der Waals surface area (Å²) in [4.78, 5) is 8.23. The van der Waals surface area contributed by atoms with Crippen LogP contribution in [0.25, 0.3) is 22.6 Å². The lowest BCUT2D eigenvalue weighted by Gasteiger charge is -2.07. The Balaban J connectivity index is 2.00. The van der Waals surface area contributed by atoms with Gasteiger partial charge in [-0.2, -0.15) is 0 Å². The van der Waals surface area contributed by atoms with E-state index >= 15 is 0 Å². The molecule has 0 N–H and O–H groups in total. The number of benzene rings is 1. The molecule has 0 saturated carbocycles. The van der Waals surface area contributed by atoms with E-state index in [1.165, 1.54) is 18.2 Å². The first-order valence-electron chi connectivity index (χ1n) is 6.00. The number of ether oxygens (including phenoxy) is 1. The van der Waals surface area contributed by atoms with Gasteiger partial charge in [-0.05, 0) is 31.2 Å². The molecule has 3 rings (SSSR count). The Morgan fingerprint density at radius 3 is 2.67 bits per heavy atom. The topological polar surface area (TPSA) is 48.2 Å². The zero-order chi connectivity index (χ0) is 15.0. The predicted octanol–water partition coefficient (Wildman–Crippen LogP) is 4.10. The molecular formula is C14H9F3N2O2. The fourth-order valence-corrected chi connectivity index (χ4v) is 1.91. The third-order valence-electron chi connectivity index (χ3n) is 2.74. The lowest BCUT2D eigenvalue weighted by Crippen LogP contribution is -2.16. The third kappa shape index (κ3) is 2.96. The fraction of sp³-hybridized carbons (Fsp3) is 0.143. The molecule has 3 aromatic rings. The summed E-state index contributed by atoms with van der Waals surface area (Å²) in [5.74, 6) is -0.0135. The Morgan fingerprint density at radius 1 is 1.14 bits per heavy atom. The van der Waals surface area contributed by atoms with Gasteiger partial charge in [-0.1, -0.05) is 0 Å². The zero-order valence-electron chi connectivity index (χ0n) is 10.8. The molecule has 0 aliphatic rings. The van der Waals surface area contributed by atoms with Gasteiger partial charge in [0.15, 0.2) is 5.58 Å². The zero-order valence-corrected chi connectivity index (χ0v) is 10.8. The van der Waals surface area contributed by atoms with Crippen molar-refractivity contribution in [1.29, 1.82) is 0 Å². The summed E-state index contributed by atoms with van der Waals surface area (Å²) in [6.45, 7) is 1.82. The first-order chi connectivity index (χ1) is 9.90. The summed E-state index contributed by atoms with van der Waals surface area (Å²) in [7, 11) is 0. The molecule has 0 bridgehead atoms. The van der Waals surface area contributed by atoms with Crippen molar-refractivity contribution in [3.63, 3.8) is 0 Å². The Bertz CT molecular complexity index is 796. The number of oxazole rings is 1. The van der Waals surface area contributed by atoms with Crippen LogP contribution in [0.1, 0.15) is 5.69 Å². The van der Waals surface area contributed by atoms with E-state index in [1.54, 1.807) is 18.3 Å². The lowest BCUT2D eigenvalue weighted by molar-refractivity contribution is -0.274. The Labute approximate surface area is 117 Å². The summed E-state index contributed by atoms with van der Waals surface area (Å²) in [6.07, 6.45) is -3.12. The van der Waals surface area contributed by atoms with E-state index in [0.29, 0.717) is 22.6 Å². The molecule has 1 aromatic carbocycles. The SMILES string of the molecule is Cc1cc(-c2nc3cc(OC(F)(F)F)ccc3o2)ccn1. The molecule has 0 spiro atoms. The van der Waals surface area contributed by atoms with Crippen LogP contribution in [0.3, 0.4) is 0 Å². The van der Waals surface area contributed by atoms with Crippen molar-refractivity contribution >= 4 is 11.1 Å². The first-order valence-corrected chi connectivity index (χ1v) is 6.00. The van der Waals surface area contributed by atoms with Crippen LogP contribution in [0, 0.1) is 6.92 Å². The van der Waals surface area contributed by atoms with Gasteiger partial charge in [-0.15, -0.1) is 13.2 Å². The highest BCUT2D eigenvalue weighted by molar-refractivity contribution is 5.77. The van der Waals surface area contributed by atoms with Gasteiger partial charge in [0.25, 0.3) is 0 Å². The summed E-state index contributed by atoms with van der Waals surface area (Å²) in [6, 6.07) is 7.25. The van der Waals surface area contributed by atoms with Crippen LogP contribution in [0.5, 0.6) is 5.75 Å². The molecule has 0 unspecified atom stereocenters. The number of aryl methyl sites for hydroxylation is 1. The summed E-state index contributed by atoms with van der Waals surface area (Å²) in [5, 5.41) is 0. The molecule has 0 aliphatic carbocycles. The number of pyridine rings is 1. The number of halogens is 3. The van der Waals surface area contributed by atoms with Crippen LogP contribution in [0.4, 0.5) is 13.2 Å². The lowest BCUT2D eigenvalue weighted by atomic mass is 10.2. The van der Waals surface area contributed by atoms with Crippen LogP contribution < -0.4 is 4.74 Å². The van der Waals surface area contributed by atoms with Crippen molar-refractivity contribution in [2.24, 2.45) is 0 Å². The standard InChI is InChI=1S/C14H9F3N2O2/c1-8-6-9(4-5-18-8)13-19-11-7-10(21-14(15,16)17)2-3-12(11)20-13/h2-7H,1H3. The van der Waals surface area contributed by atoms with Crippen molar-refractivity contribution < 1.29 is 22.3 Å². The number of hydrogen-bond donors (Lipinski definition) is 0. The molecule has 2 heterocycles. The number of aromatic nitrogens is 2. The molecule has 4 nitrogen and oxygen atoms in total. The molecular weight excluding hydrogens is 285 g/mol. The van der Waals surface area contributed by atoms with E-state index < -0.39 is 6.36 Å². The molecule has 108 valence electrons. The largest absolute Gasteiger partial charge is 0.573 e. The van der Waals surface area contributed by atoms with Crippen molar-refractivity contribution in [3.8, 4) is 17.2 Å². The van der Waals surface area contributed by atoms with E-state index in [9.17, 15) is 13.2 Å². The van der Waals surface area contributed by atoms with Gasteiger partial charge in [0.1, 0.15) is 11.3 Å². The van der Waals surface area contributed by atoms with E-state index in [1.807, 2.05) is 6.92 Å². The van der Waals surface area contributed by atoms with Gasteiger partial charge in [-0.3, -0.25) is 4.98 Å². The molecule has 0 aliphatic heterocycles. The van der Waals surface area contributed by atoms with Crippen LogP contribution in [0.2, 0.25) is 0 Å². The van der Waals surface area contributed by atoms with Crippen molar-refractivity contribution in [2.75, 3.05) is 0 Å². The molecule has 0 saturated heterocycles. The number of alkyl halides is 3. The van der Waals surface area contributed by atoms with Crippen LogP contribution >= 0.6 is 0 Å². The second-order valence-electron chi connectivity index (χ2n) is 4.38. The number of nitrogens with zero attached hydrogens (tertiary/aromatic N) is 2. The van der Waals surface area contributed by atoms with E-state index in [-0.39, 0.29) is 5.75 Å². The molecule has 0 radical (unpaired) electrons. The van der Waals surface area contributed by atoms with Gasteiger partial charge in [-0.25, -0.2) is 4.98 Å². The Hall–Kier alpha value is -2.57. The van der Waals surface area contributed by atoms with Crippen molar-refractivity contribution in [1.82, 2.24) is 9.97 Å². The monoisotopic (exact) mass is 294 g/mol. The Kier molecular flexibility index (Phi) is 3.04. The molecule has 0 fully saturated rings. The third-order valence-corrected chi connectivity index (χ3v) is 2.74. The molecule has 0 amide bonds. The van der Waals surface area contributed by atoms with Crippen LogP contribution in [-0.4, -0.2) is 16.3 Å². The van der Waals surface area contributed by atoms with E-state index in [0.717, 1.165) is 5.69 Å². The number of hydrogen-bond acceptors (Lipinski definition) is 4. The highest BCUT2D eigenvalue weighted by atomic mass is 19.4. The van der Waals surface area contributed by atoms with Crippen LogP contribution in [0.15, 0.2) is 40.9 Å². The molecule has 0 atom stereocenters. The fourth-order valence-electron chi connectivity index (χ4n) is 1.91. The molecule has 2 aromatic heterocycles. The Morgan fingerprint density at radius 2 is 1.95 bits per heavy atom. The minimum Gasteiger partial charge on any atom is -0.436 e. The van der Waals surface area contributed by atoms with Gasteiger partial charge >= 0.3 is 6.36 Å².